The van der Waals surface area contributed by atoms with Crippen molar-refractivity contribution in [1.29, 1.82) is 0 Å². The molecule has 0 amide bonds. The Bertz CT molecular complexity index is 438. The average molecular weight is 383 g/mol. The van der Waals surface area contributed by atoms with Gasteiger partial charge in [0.15, 0.2) is 0 Å². The highest BCUT2D eigenvalue weighted by Crippen LogP contribution is 2.33. The molecule has 0 unspecified atom stereocenters. The van der Waals surface area contributed by atoms with Crippen LogP contribution in [0.25, 0.3) is 0 Å². The highest BCUT2D eigenvalue weighted by molar-refractivity contribution is 9.11. The predicted octanol–water partition coefficient (Wildman–Crippen LogP) is 2.97. The Morgan fingerprint density at radius 3 is 2.67 bits per heavy atom. The van der Waals surface area contributed by atoms with Crippen LogP contribution in [0, 0.1) is 11.2 Å². The van der Waals surface area contributed by atoms with E-state index in [-0.39, 0.29) is 11.2 Å². The van der Waals surface area contributed by atoms with E-state index in [1.165, 1.54) is 6.07 Å². The largest absolute Gasteiger partial charge is 0.492 e. The third-order valence-corrected chi connectivity index (χ3v) is 4.10. The van der Waals surface area contributed by atoms with E-state index in [9.17, 15) is 4.39 Å². The van der Waals surface area contributed by atoms with E-state index in [2.05, 4.69) is 37.2 Å². The van der Waals surface area contributed by atoms with Gasteiger partial charge in [-0.05, 0) is 51.0 Å². The van der Waals surface area contributed by atoms with E-state index in [0.29, 0.717) is 34.5 Å². The zero-order valence-corrected chi connectivity index (χ0v) is 13.1. The van der Waals surface area contributed by atoms with Crippen molar-refractivity contribution in [2.75, 3.05) is 33.4 Å². The fraction of sp³-hybridized carbons (Fsp3) is 0.500. The molecule has 6 heteroatoms. The molecule has 1 aliphatic rings. The van der Waals surface area contributed by atoms with Crippen LogP contribution in [0.4, 0.5) is 4.39 Å². The Hall–Kier alpha value is -0.170. The molecule has 0 radical (unpaired) electrons. The van der Waals surface area contributed by atoms with Crippen LogP contribution < -0.4 is 10.1 Å². The highest BCUT2D eigenvalue weighted by Gasteiger charge is 2.39. The second kappa shape index (κ2) is 5.86. The topological polar surface area (TPSA) is 30.5 Å². The molecule has 1 aromatic carbocycles. The Kier molecular flexibility index (Phi) is 4.64. The van der Waals surface area contributed by atoms with Crippen molar-refractivity contribution in [2.24, 2.45) is 5.41 Å². The summed E-state index contributed by atoms with van der Waals surface area (Å²) < 4.78 is 25.3. The molecule has 3 nitrogen and oxygen atoms in total. The lowest BCUT2D eigenvalue weighted by Crippen LogP contribution is -2.52. The maximum atomic E-state index is 13.3. The second-order valence-corrected chi connectivity index (χ2v) is 6.22. The van der Waals surface area contributed by atoms with Crippen molar-refractivity contribution in [3.63, 3.8) is 0 Å². The summed E-state index contributed by atoms with van der Waals surface area (Å²) in [6, 6.07) is 3.02. The summed E-state index contributed by atoms with van der Waals surface area (Å²) in [4.78, 5) is 0. The number of hydrogen-bond donors (Lipinski definition) is 1. The summed E-state index contributed by atoms with van der Waals surface area (Å²) in [5, 5.41) is 3.14. The second-order valence-electron chi connectivity index (χ2n) is 4.51. The summed E-state index contributed by atoms with van der Waals surface area (Å²) in [5.74, 6) is 0.316. The Morgan fingerprint density at radius 1 is 1.39 bits per heavy atom. The lowest BCUT2D eigenvalue weighted by molar-refractivity contribution is -0.129. The van der Waals surface area contributed by atoms with Gasteiger partial charge in [-0.1, -0.05) is 0 Å². The molecule has 1 fully saturated rings. The van der Waals surface area contributed by atoms with Gasteiger partial charge in [0.05, 0.1) is 34.2 Å². The van der Waals surface area contributed by atoms with E-state index in [1.54, 1.807) is 6.07 Å². The zero-order chi connectivity index (χ0) is 13.2. The van der Waals surface area contributed by atoms with Gasteiger partial charge in [0.1, 0.15) is 11.6 Å². The van der Waals surface area contributed by atoms with Gasteiger partial charge in [-0.3, -0.25) is 0 Å². The molecular formula is C12H14Br2FNO2. The minimum atomic E-state index is -0.314. The molecule has 0 aromatic heterocycles. The van der Waals surface area contributed by atoms with Gasteiger partial charge < -0.3 is 14.8 Å². The minimum absolute atomic E-state index is 0.0229. The van der Waals surface area contributed by atoms with E-state index in [1.807, 2.05) is 7.05 Å². The maximum Gasteiger partial charge on any atom is 0.138 e. The molecule has 1 heterocycles. The van der Waals surface area contributed by atoms with E-state index >= 15 is 0 Å². The Morgan fingerprint density at radius 2 is 2.11 bits per heavy atom. The van der Waals surface area contributed by atoms with Crippen molar-refractivity contribution in [3.8, 4) is 5.75 Å². The van der Waals surface area contributed by atoms with E-state index in [0.717, 1.165) is 6.54 Å². The monoisotopic (exact) mass is 381 g/mol. The molecule has 0 aliphatic carbocycles. The van der Waals surface area contributed by atoms with Crippen LogP contribution in [0.2, 0.25) is 0 Å². The third-order valence-electron chi connectivity index (χ3n) is 2.88. The average Bonchev–Trinajstić information content (AvgIpc) is 2.28. The van der Waals surface area contributed by atoms with Crippen molar-refractivity contribution in [1.82, 2.24) is 5.32 Å². The number of benzene rings is 1. The molecule has 0 saturated carbocycles. The number of halogens is 3. The molecule has 2 rings (SSSR count). The lowest BCUT2D eigenvalue weighted by Gasteiger charge is -2.40. The van der Waals surface area contributed by atoms with Gasteiger partial charge in [-0.2, -0.15) is 0 Å². The highest BCUT2D eigenvalue weighted by atomic mass is 79.9. The first-order valence-corrected chi connectivity index (χ1v) is 7.15. The van der Waals surface area contributed by atoms with Crippen LogP contribution in [0.3, 0.4) is 0 Å². The van der Waals surface area contributed by atoms with Crippen LogP contribution in [-0.2, 0) is 4.74 Å². The first-order valence-electron chi connectivity index (χ1n) is 5.56. The van der Waals surface area contributed by atoms with Gasteiger partial charge in [0, 0.05) is 6.54 Å². The summed E-state index contributed by atoms with van der Waals surface area (Å²) in [6.07, 6.45) is 0. The summed E-state index contributed by atoms with van der Waals surface area (Å²) >= 11 is 6.44. The molecule has 1 aromatic rings. The molecular weight excluding hydrogens is 369 g/mol. The summed E-state index contributed by atoms with van der Waals surface area (Å²) in [7, 11) is 1.91. The normalized spacial score (nSPS) is 17.3. The number of rotatable bonds is 5. The summed E-state index contributed by atoms with van der Waals surface area (Å²) in [6.45, 7) is 2.76. The Balaban J connectivity index is 2.03. The maximum absolute atomic E-state index is 13.3. The van der Waals surface area contributed by atoms with Crippen LogP contribution in [0.15, 0.2) is 21.1 Å². The first kappa shape index (κ1) is 14.2. The smallest absolute Gasteiger partial charge is 0.138 e. The van der Waals surface area contributed by atoms with Crippen molar-refractivity contribution in [2.45, 2.75) is 0 Å². The lowest BCUT2D eigenvalue weighted by atomic mass is 9.87. The van der Waals surface area contributed by atoms with Gasteiger partial charge in [-0.15, -0.1) is 0 Å². The SMILES string of the molecule is CNCC1(COc2cc(Br)c(F)cc2Br)COC1. The van der Waals surface area contributed by atoms with Crippen molar-refractivity contribution in [3.05, 3.63) is 26.9 Å². The van der Waals surface area contributed by atoms with Gasteiger partial charge in [0.25, 0.3) is 0 Å². The molecule has 100 valence electrons. The van der Waals surface area contributed by atoms with Crippen molar-refractivity contribution >= 4 is 31.9 Å². The first-order chi connectivity index (χ1) is 8.56. The van der Waals surface area contributed by atoms with Crippen LogP contribution >= 0.6 is 31.9 Å². The minimum Gasteiger partial charge on any atom is -0.492 e. The molecule has 0 atom stereocenters. The Labute approximate surface area is 122 Å². The van der Waals surface area contributed by atoms with Gasteiger partial charge in [0.2, 0.25) is 0 Å². The van der Waals surface area contributed by atoms with Gasteiger partial charge >= 0.3 is 0 Å². The van der Waals surface area contributed by atoms with E-state index in [4.69, 9.17) is 9.47 Å². The van der Waals surface area contributed by atoms with Gasteiger partial charge in [-0.25, -0.2) is 4.39 Å². The molecule has 1 N–H and O–H groups in total. The zero-order valence-electron chi connectivity index (χ0n) is 9.93. The van der Waals surface area contributed by atoms with Crippen LogP contribution in [-0.4, -0.2) is 33.4 Å². The standard InChI is InChI=1S/C12H14Br2FNO2/c1-16-4-12(5-17-6-12)7-18-11-3-8(13)10(15)2-9(11)14/h2-3,16H,4-7H2,1H3. The number of hydrogen-bond acceptors (Lipinski definition) is 3. The molecule has 18 heavy (non-hydrogen) atoms. The molecule has 0 spiro atoms. The molecule has 1 aliphatic heterocycles. The quantitative estimate of drug-likeness (QED) is 0.794. The fourth-order valence-corrected chi connectivity index (χ4v) is 2.60. The fourth-order valence-electron chi connectivity index (χ4n) is 1.85. The third kappa shape index (κ3) is 3.04. The number of ether oxygens (including phenoxy) is 2. The van der Waals surface area contributed by atoms with E-state index < -0.39 is 0 Å². The predicted molar refractivity (Wildman–Crippen MR) is 74.5 cm³/mol. The number of nitrogens with one attached hydrogen (secondary N) is 1. The molecule has 1 saturated heterocycles. The molecule has 0 bridgehead atoms. The van der Waals surface area contributed by atoms with Crippen molar-refractivity contribution < 1.29 is 13.9 Å². The summed E-state index contributed by atoms with van der Waals surface area (Å²) in [5.41, 5.74) is 0.0229. The van der Waals surface area contributed by atoms with Crippen LogP contribution in [0.5, 0.6) is 5.75 Å². The van der Waals surface area contributed by atoms with Crippen LogP contribution in [0.1, 0.15) is 0 Å².